The number of nitro groups is 1. The van der Waals surface area contributed by atoms with Crippen molar-refractivity contribution in [2.45, 2.75) is 0 Å². The molecule has 0 saturated carbocycles. The molecule has 0 aliphatic carbocycles. The van der Waals surface area contributed by atoms with Crippen molar-refractivity contribution < 1.29 is 9.72 Å². The molecule has 0 radical (unpaired) electrons. The van der Waals surface area contributed by atoms with Crippen LogP contribution in [0.3, 0.4) is 0 Å². The molecule has 1 aliphatic rings. The van der Waals surface area contributed by atoms with E-state index in [1.165, 1.54) is 23.9 Å². The highest BCUT2D eigenvalue weighted by Gasteiger charge is 2.24. The van der Waals surface area contributed by atoms with Gasteiger partial charge < -0.3 is 5.32 Å². The number of nitrogens with one attached hydrogen (secondary N) is 1. The van der Waals surface area contributed by atoms with Crippen LogP contribution in [0, 0.1) is 10.1 Å². The predicted molar refractivity (Wildman–Crippen MR) is 95.4 cm³/mol. The van der Waals surface area contributed by atoms with Crippen LogP contribution in [0.5, 0.6) is 0 Å². The Hall–Kier alpha value is -2.64. The fraction of sp³-hybridized carbons (Fsp3) is 0. The summed E-state index contributed by atoms with van der Waals surface area (Å²) in [4.78, 5) is 27.1. The Kier molecular flexibility index (Phi) is 4.64. The average Bonchev–Trinajstić information content (AvgIpc) is 2.89. The van der Waals surface area contributed by atoms with E-state index in [-0.39, 0.29) is 16.6 Å². The zero-order valence-corrected chi connectivity index (χ0v) is 13.7. The lowest BCUT2D eigenvalue weighted by Gasteiger charge is -1.98. The highest BCUT2D eigenvalue weighted by atomic mass is 35.5. The lowest BCUT2D eigenvalue weighted by Crippen LogP contribution is -2.19. The third-order valence-electron chi connectivity index (χ3n) is 3.10. The molecule has 0 bridgehead atoms. The predicted octanol–water partition coefficient (Wildman–Crippen LogP) is 4.14. The maximum absolute atomic E-state index is 12.0. The molecule has 6 nitrogen and oxygen atoms in total. The molecule has 1 aliphatic heterocycles. The van der Waals surface area contributed by atoms with Crippen LogP contribution in [0.25, 0.3) is 6.08 Å². The first-order valence-electron chi connectivity index (χ1n) is 6.81. The number of thioether (sulfide) groups is 1. The molecule has 120 valence electrons. The first-order chi connectivity index (χ1) is 11.5. The van der Waals surface area contributed by atoms with Gasteiger partial charge in [-0.15, -0.1) is 0 Å². The molecule has 0 spiro atoms. The number of halogens is 1. The lowest BCUT2D eigenvalue weighted by molar-refractivity contribution is -0.384. The summed E-state index contributed by atoms with van der Waals surface area (Å²) in [7, 11) is 0. The molecule has 3 rings (SSSR count). The van der Waals surface area contributed by atoms with Crippen LogP contribution in [-0.4, -0.2) is 16.0 Å². The minimum atomic E-state index is -0.561. The van der Waals surface area contributed by atoms with E-state index >= 15 is 0 Å². The van der Waals surface area contributed by atoms with Crippen molar-refractivity contribution in [1.82, 2.24) is 5.32 Å². The average molecular weight is 360 g/mol. The molecule has 24 heavy (non-hydrogen) atoms. The Morgan fingerprint density at radius 1 is 1.21 bits per heavy atom. The Balaban J connectivity index is 1.87. The molecule has 0 aromatic heterocycles. The maximum atomic E-state index is 12.0. The van der Waals surface area contributed by atoms with E-state index < -0.39 is 4.92 Å². The van der Waals surface area contributed by atoms with Crippen LogP contribution >= 0.6 is 23.4 Å². The molecular formula is C16H10ClN3O3S. The third kappa shape index (κ3) is 3.64. The monoisotopic (exact) mass is 359 g/mol. The molecule has 1 heterocycles. The van der Waals surface area contributed by atoms with Crippen molar-refractivity contribution in [3.8, 4) is 0 Å². The summed E-state index contributed by atoms with van der Waals surface area (Å²) in [6, 6.07) is 13.6. The summed E-state index contributed by atoms with van der Waals surface area (Å²) in [5, 5.41) is 14.1. The lowest BCUT2D eigenvalue weighted by atomic mass is 10.2. The van der Waals surface area contributed by atoms with Gasteiger partial charge in [0, 0.05) is 6.07 Å². The number of nitrogens with zero attached hydrogens (tertiary/aromatic N) is 2. The largest absolute Gasteiger partial charge is 0.300 e. The van der Waals surface area contributed by atoms with Crippen LogP contribution in [0.2, 0.25) is 5.02 Å². The van der Waals surface area contributed by atoms with Gasteiger partial charge in [0.05, 0.1) is 15.5 Å². The van der Waals surface area contributed by atoms with Gasteiger partial charge in [-0.1, -0.05) is 35.9 Å². The van der Waals surface area contributed by atoms with Crippen LogP contribution < -0.4 is 5.32 Å². The first-order valence-corrected chi connectivity index (χ1v) is 8.01. The van der Waals surface area contributed by atoms with E-state index in [1.807, 2.05) is 30.3 Å². The van der Waals surface area contributed by atoms with E-state index in [0.29, 0.717) is 15.6 Å². The SMILES string of the molecule is O=C1NC(=Nc2ccccc2)S/C1=C/c1ccc(Cl)c([N+](=O)[O-])c1. The number of para-hydroxylation sites is 1. The highest BCUT2D eigenvalue weighted by molar-refractivity contribution is 8.18. The summed E-state index contributed by atoms with van der Waals surface area (Å²) in [5.74, 6) is -0.299. The van der Waals surface area contributed by atoms with E-state index in [4.69, 9.17) is 11.6 Å². The van der Waals surface area contributed by atoms with Gasteiger partial charge >= 0.3 is 0 Å². The smallest absolute Gasteiger partial charge is 0.288 e. The van der Waals surface area contributed by atoms with E-state index in [1.54, 1.807) is 12.1 Å². The molecule has 8 heteroatoms. The number of rotatable bonds is 3. The second kappa shape index (κ2) is 6.86. The minimum absolute atomic E-state index is 0.0528. The number of carbonyl (C=O) groups excluding carboxylic acids is 1. The molecular weight excluding hydrogens is 350 g/mol. The quantitative estimate of drug-likeness (QED) is 0.507. The Morgan fingerprint density at radius 3 is 2.67 bits per heavy atom. The normalized spacial score (nSPS) is 17.3. The van der Waals surface area contributed by atoms with Gasteiger partial charge in [0.1, 0.15) is 5.02 Å². The van der Waals surface area contributed by atoms with Crippen molar-refractivity contribution in [2.75, 3.05) is 0 Å². The van der Waals surface area contributed by atoms with Gasteiger partial charge in [-0.25, -0.2) is 4.99 Å². The second-order valence-electron chi connectivity index (χ2n) is 4.79. The topological polar surface area (TPSA) is 84.6 Å². The number of benzene rings is 2. The summed E-state index contributed by atoms with van der Waals surface area (Å²) in [5.41, 5.74) is 1.04. The molecule has 1 fully saturated rings. The van der Waals surface area contributed by atoms with Gasteiger partial charge in [-0.2, -0.15) is 0 Å². The van der Waals surface area contributed by atoms with Crippen LogP contribution in [0.15, 0.2) is 58.4 Å². The first kappa shape index (κ1) is 16.2. The van der Waals surface area contributed by atoms with Crippen molar-refractivity contribution in [3.05, 3.63) is 74.1 Å². The number of aliphatic imine (C=N–C) groups is 1. The van der Waals surface area contributed by atoms with Gasteiger partial charge in [-0.3, -0.25) is 14.9 Å². The Labute approximate surface area is 146 Å². The number of hydrogen-bond acceptors (Lipinski definition) is 5. The van der Waals surface area contributed by atoms with E-state index in [9.17, 15) is 14.9 Å². The second-order valence-corrected chi connectivity index (χ2v) is 6.22. The fourth-order valence-corrected chi connectivity index (χ4v) is 3.04. The standard InChI is InChI=1S/C16H10ClN3O3S/c17-12-7-6-10(8-13(12)20(22)23)9-14-15(21)19-16(24-14)18-11-4-2-1-3-5-11/h1-9H,(H,18,19,21)/b14-9+. The molecule has 1 N–H and O–H groups in total. The van der Waals surface area contributed by atoms with Crippen LogP contribution in [0.4, 0.5) is 11.4 Å². The summed E-state index contributed by atoms with van der Waals surface area (Å²) < 4.78 is 0. The van der Waals surface area contributed by atoms with Crippen LogP contribution in [0.1, 0.15) is 5.56 Å². The van der Waals surface area contributed by atoms with E-state index in [0.717, 1.165) is 5.69 Å². The molecule has 0 atom stereocenters. The highest BCUT2D eigenvalue weighted by Crippen LogP contribution is 2.30. The molecule has 0 unspecified atom stereocenters. The van der Waals surface area contributed by atoms with Gasteiger partial charge in [0.2, 0.25) is 0 Å². The van der Waals surface area contributed by atoms with Crippen molar-refractivity contribution >= 4 is 51.9 Å². The van der Waals surface area contributed by atoms with Gasteiger partial charge in [-0.05, 0) is 41.6 Å². The molecule has 1 saturated heterocycles. The zero-order chi connectivity index (χ0) is 17.1. The number of hydrogen-bond donors (Lipinski definition) is 1. The molecule has 2 aromatic carbocycles. The molecule has 2 aromatic rings. The fourth-order valence-electron chi connectivity index (χ4n) is 2.01. The van der Waals surface area contributed by atoms with Crippen molar-refractivity contribution in [1.29, 1.82) is 0 Å². The number of carbonyl (C=O) groups is 1. The molecule has 1 amide bonds. The number of amides is 1. The van der Waals surface area contributed by atoms with Gasteiger partial charge in [0.25, 0.3) is 11.6 Å². The Bertz CT molecular complexity index is 881. The number of nitro benzene ring substituents is 1. The summed E-state index contributed by atoms with van der Waals surface area (Å²) >= 11 is 6.96. The van der Waals surface area contributed by atoms with Crippen molar-refractivity contribution in [3.63, 3.8) is 0 Å². The van der Waals surface area contributed by atoms with Gasteiger partial charge in [0.15, 0.2) is 5.17 Å². The maximum Gasteiger partial charge on any atom is 0.288 e. The third-order valence-corrected chi connectivity index (χ3v) is 4.33. The summed E-state index contributed by atoms with van der Waals surface area (Å²) in [6.07, 6.45) is 1.57. The summed E-state index contributed by atoms with van der Waals surface area (Å²) in [6.45, 7) is 0. The minimum Gasteiger partial charge on any atom is -0.300 e. The zero-order valence-electron chi connectivity index (χ0n) is 12.1. The number of amidine groups is 1. The Morgan fingerprint density at radius 2 is 1.96 bits per heavy atom. The van der Waals surface area contributed by atoms with Crippen LogP contribution in [-0.2, 0) is 4.79 Å². The van der Waals surface area contributed by atoms with Crippen molar-refractivity contribution in [2.24, 2.45) is 4.99 Å². The van der Waals surface area contributed by atoms with E-state index in [2.05, 4.69) is 10.3 Å².